The van der Waals surface area contributed by atoms with Crippen LogP contribution in [0.5, 0.6) is 5.75 Å². The molecule has 320 valence electrons. The first-order valence-electron chi connectivity index (χ1n) is 22.0. The number of aromatic hydroxyl groups is 1. The molecule has 4 aromatic carbocycles. The van der Waals surface area contributed by atoms with Gasteiger partial charge in [-0.25, -0.2) is 8.78 Å². The van der Waals surface area contributed by atoms with E-state index in [1.165, 1.54) is 22.6 Å². The molecule has 10 rings (SSSR count). The smallest absolute Gasteiger partial charge is 0.162 e. The Kier molecular flexibility index (Phi) is 10.5. The topological polar surface area (TPSA) is 93.2 Å². The zero-order chi connectivity index (χ0) is 42.9. The number of anilines is 2. The van der Waals surface area contributed by atoms with Crippen LogP contribution in [-0.2, 0) is 6.42 Å². The average molecular weight is 854 g/mol. The fraction of sp³-hybridized carbons (Fsp3) is 0.380. The molecule has 62 heavy (non-hydrogen) atoms. The van der Waals surface area contributed by atoms with Crippen LogP contribution < -0.4 is 9.80 Å². The summed E-state index contributed by atoms with van der Waals surface area (Å²) in [4.78, 5) is 13.4. The second-order valence-corrected chi connectivity index (χ2v) is 19.0. The zero-order valence-corrected chi connectivity index (χ0v) is 36.6. The van der Waals surface area contributed by atoms with Gasteiger partial charge in [-0.15, -0.1) is 21.5 Å². The SMILES string of the molecule is Cc1sc2c(c1C)C(c1ccc(N3CCC(O)(CN4CCN(c5ccc([C@H]6c7ccc(O)cc7CC[C@H]6c6ccc(F)cc6)c(F)c5)CC4)CC3)cc1)=N[C@@H](C)c1nnc(C)n1-2. The molecule has 2 fully saturated rings. The fourth-order valence-electron chi connectivity index (χ4n) is 10.5. The standard InChI is InChI=1S/C50H53F2N7O2S/c1-30-32(3)62-49-45(30)47(53-31(2)48-55-54-33(4)59(48)49)35-7-12-38(13-8-35)57-21-19-50(61,20-22-57)29-56-23-25-58(26-24-56)39-14-17-43(44(52)28-39)46-41(34-5-10-37(51)11-6-34)16-9-36-27-40(60)15-18-42(36)46/h5-8,10-15,17-18,27-28,31,41,46,60-61H,9,16,19-26,29H2,1-4H3/t31-,41-,46+/m0/s1. The molecule has 0 radical (unpaired) electrons. The first-order chi connectivity index (χ1) is 29.9. The molecular weight excluding hydrogens is 801 g/mol. The van der Waals surface area contributed by atoms with Gasteiger partial charge in [-0.1, -0.05) is 36.4 Å². The Hall–Kier alpha value is -5.43. The molecule has 9 nitrogen and oxygen atoms in total. The Morgan fingerprint density at radius 2 is 1.48 bits per heavy atom. The van der Waals surface area contributed by atoms with Crippen LogP contribution in [-0.4, -0.2) is 87.0 Å². The third-order valence-electron chi connectivity index (χ3n) is 14.0. The maximum absolute atomic E-state index is 16.4. The second-order valence-electron chi connectivity index (χ2n) is 17.8. The van der Waals surface area contributed by atoms with Gasteiger partial charge in [0, 0.05) is 79.1 Å². The Labute approximate surface area is 366 Å². The number of fused-ring (bicyclic) bond motifs is 4. The summed E-state index contributed by atoms with van der Waals surface area (Å²) in [6.07, 6.45) is 2.90. The molecule has 0 saturated carbocycles. The summed E-state index contributed by atoms with van der Waals surface area (Å²) in [5.74, 6) is 1.12. The third kappa shape index (κ3) is 7.39. The number of aliphatic hydroxyl groups is 1. The van der Waals surface area contributed by atoms with Crippen LogP contribution in [0.15, 0.2) is 89.9 Å². The van der Waals surface area contributed by atoms with Crippen LogP contribution in [0.3, 0.4) is 0 Å². The van der Waals surface area contributed by atoms with Crippen LogP contribution in [0.2, 0.25) is 0 Å². The van der Waals surface area contributed by atoms with Gasteiger partial charge in [0.2, 0.25) is 0 Å². The van der Waals surface area contributed by atoms with E-state index in [1.54, 1.807) is 29.5 Å². The van der Waals surface area contributed by atoms with E-state index in [0.29, 0.717) is 24.9 Å². The normalized spacial score (nSPS) is 21.2. The minimum Gasteiger partial charge on any atom is -0.508 e. The molecule has 0 bridgehead atoms. The zero-order valence-electron chi connectivity index (χ0n) is 35.8. The van der Waals surface area contributed by atoms with Gasteiger partial charge in [0.05, 0.1) is 11.3 Å². The number of rotatable bonds is 7. The number of nitrogens with zero attached hydrogens (tertiary/aromatic N) is 7. The summed E-state index contributed by atoms with van der Waals surface area (Å²) in [6, 6.07) is 26.2. The van der Waals surface area contributed by atoms with Crippen molar-refractivity contribution in [1.29, 1.82) is 0 Å². The van der Waals surface area contributed by atoms with Crippen LogP contribution in [0.4, 0.5) is 20.2 Å². The summed E-state index contributed by atoms with van der Waals surface area (Å²) in [7, 11) is 0. The van der Waals surface area contributed by atoms with Gasteiger partial charge in [-0.05, 0) is 136 Å². The van der Waals surface area contributed by atoms with Gasteiger partial charge in [0.25, 0.3) is 0 Å². The first kappa shape index (κ1) is 40.6. The number of aryl methyl sites for hydroxylation is 3. The highest BCUT2D eigenvalue weighted by molar-refractivity contribution is 7.15. The highest BCUT2D eigenvalue weighted by atomic mass is 32.1. The lowest BCUT2D eigenvalue weighted by molar-refractivity contribution is -0.0173. The van der Waals surface area contributed by atoms with Crippen molar-refractivity contribution in [2.24, 2.45) is 4.99 Å². The van der Waals surface area contributed by atoms with E-state index < -0.39 is 5.60 Å². The van der Waals surface area contributed by atoms with E-state index in [0.717, 1.165) is 114 Å². The summed E-state index contributed by atoms with van der Waals surface area (Å²) in [5.41, 5.74) is 9.33. The molecule has 2 saturated heterocycles. The number of aliphatic imine (C=N–C) groups is 1. The molecule has 3 aliphatic heterocycles. The maximum Gasteiger partial charge on any atom is 0.162 e. The van der Waals surface area contributed by atoms with E-state index in [4.69, 9.17) is 4.99 Å². The number of halogens is 2. The number of phenols is 1. The number of piperidine rings is 1. The van der Waals surface area contributed by atoms with Crippen molar-refractivity contribution in [3.63, 3.8) is 0 Å². The van der Waals surface area contributed by atoms with Gasteiger partial charge in [-0.3, -0.25) is 14.5 Å². The second kappa shape index (κ2) is 16.0. The predicted octanol–water partition coefficient (Wildman–Crippen LogP) is 9.17. The lowest BCUT2D eigenvalue weighted by Gasteiger charge is -2.44. The summed E-state index contributed by atoms with van der Waals surface area (Å²) >= 11 is 1.77. The largest absolute Gasteiger partial charge is 0.508 e. The fourth-order valence-corrected chi connectivity index (χ4v) is 11.7. The van der Waals surface area contributed by atoms with Crippen molar-refractivity contribution in [1.82, 2.24) is 19.7 Å². The van der Waals surface area contributed by atoms with Crippen LogP contribution >= 0.6 is 11.3 Å². The Bertz CT molecular complexity index is 2660. The number of benzene rings is 4. The monoisotopic (exact) mass is 853 g/mol. The van der Waals surface area contributed by atoms with E-state index >= 15 is 4.39 Å². The Morgan fingerprint density at radius 1 is 0.790 bits per heavy atom. The number of β-amino-alcohol motifs (C(OH)–C–C–N with tert-alkyl or cyclic N) is 1. The van der Waals surface area contributed by atoms with Crippen LogP contribution in [0.25, 0.3) is 5.00 Å². The molecule has 6 aromatic rings. The van der Waals surface area contributed by atoms with Gasteiger partial charge in [-0.2, -0.15) is 0 Å². The van der Waals surface area contributed by atoms with Gasteiger partial charge >= 0.3 is 0 Å². The molecule has 3 atom stereocenters. The predicted molar refractivity (Wildman–Crippen MR) is 243 cm³/mol. The quantitative estimate of drug-likeness (QED) is 0.166. The molecule has 1 aliphatic carbocycles. The molecule has 0 amide bonds. The maximum atomic E-state index is 16.4. The number of hydrogen-bond donors (Lipinski definition) is 2. The van der Waals surface area contributed by atoms with Crippen molar-refractivity contribution in [2.75, 3.05) is 55.6 Å². The van der Waals surface area contributed by atoms with Crippen molar-refractivity contribution in [2.45, 2.75) is 76.9 Å². The number of phenolic OH excluding ortho intramolecular Hbond substituents is 1. The lowest BCUT2D eigenvalue weighted by Crippen LogP contribution is -2.55. The Balaban J connectivity index is 0.772. The average Bonchev–Trinajstić information content (AvgIpc) is 3.76. The molecular formula is C50H53F2N7O2S. The van der Waals surface area contributed by atoms with Gasteiger partial charge in [0.15, 0.2) is 5.82 Å². The summed E-state index contributed by atoms with van der Waals surface area (Å²) in [5, 5.41) is 32.1. The molecule has 2 aromatic heterocycles. The number of thiophene rings is 1. The van der Waals surface area contributed by atoms with Gasteiger partial charge in [0.1, 0.15) is 34.3 Å². The summed E-state index contributed by atoms with van der Waals surface area (Å²) in [6.45, 7) is 13.6. The molecule has 4 aliphatic rings. The highest BCUT2D eigenvalue weighted by Crippen LogP contribution is 2.48. The van der Waals surface area contributed by atoms with Crippen LogP contribution in [0, 0.1) is 32.4 Å². The van der Waals surface area contributed by atoms with Crippen molar-refractivity contribution < 1.29 is 19.0 Å². The van der Waals surface area contributed by atoms with Crippen LogP contribution in [0.1, 0.15) is 99.5 Å². The van der Waals surface area contributed by atoms with Crippen molar-refractivity contribution in [3.8, 4) is 10.8 Å². The minimum atomic E-state index is -0.770. The molecule has 0 spiro atoms. The molecule has 2 N–H and O–H groups in total. The lowest BCUT2D eigenvalue weighted by atomic mass is 9.69. The van der Waals surface area contributed by atoms with Gasteiger partial charge < -0.3 is 20.0 Å². The number of hydrogen-bond acceptors (Lipinski definition) is 9. The first-order valence-corrected chi connectivity index (χ1v) is 22.8. The van der Waals surface area contributed by atoms with E-state index in [1.807, 2.05) is 37.3 Å². The van der Waals surface area contributed by atoms with E-state index in [9.17, 15) is 14.6 Å². The Morgan fingerprint density at radius 3 is 2.21 bits per heavy atom. The van der Waals surface area contributed by atoms with E-state index in [2.05, 4.69) is 74.5 Å². The molecule has 5 heterocycles. The third-order valence-corrected chi connectivity index (χ3v) is 15.2. The van der Waals surface area contributed by atoms with E-state index in [-0.39, 0.29) is 35.3 Å². The minimum absolute atomic E-state index is 0.0230. The molecule has 0 unspecified atom stereocenters. The highest BCUT2D eigenvalue weighted by Gasteiger charge is 2.37. The summed E-state index contributed by atoms with van der Waals surface area (Å²) < 4.78 is 32.4. The molecule has 12 heteroatoms. The number of aromatic nitrogens is 3. The van der Waals surface area contributed by atoms with Crippen molar-refractivity contribution in [3.05, 3.63) is 152 Å². The van der Waals surface area contributed by atoms with Crippen molar-refractivity contribution >= 4 is 28.4 Å². The number of piperazine rings is 1.